The van der Waals surface area contributed by atoms with E-state index in [-0.39, 0.29) is 17.9 Å². The van der Waals surface area contributed by atoms with Crippen molar-refractivity contribution >= 4 is 5.91 Å². The lowest BCUT2D eigenvalue weighted by Gasteiger charge is -2.22. The predicted molar refractivity (Wildman–Crippen MR) is 99.6 cm³/mol. The molecular formula is C21H22N4O. The summed E-state index contributed by atoms with van der Waals surface area (Å²) in [6, 6.07) is 20.8. The summed E-state index contributed by atoms with van der Waals surface area (Å²) in [5, 5.41) is 7.95. The van der Waals surface area contributed by atoms with E-state index in [1.54, 1.807) is 6.20 Å². The first-order valence-corrected chi connectivity index (χ1v) is 9.05. The molecule has 0 radical (unpaired) electrons. The van der Waals surface area contributed by atoms with Crippen molar-refractivity contribution in [2.45, 2.75) is 24.8 Å². The normalized spacial score (nSPS) is 17.0. The highest BCUT2D eigenvalue weighted by Crippen LogP contribution is 2.30. The van der Waals surface area contributed by atoms with Gasteiger partial charge in [-0.2, -0.15) is 0 Å². The van der Waals surface area contributed by atoms with Gasteiger partial charge in [0.2, 0.25) is 5.91 Å². The van der Waals surface area contributed by atoms with Gasteiger partial charge in [0.1, 0.15) is 0 Å². The molecule has 0 saturated carbocycles. The van der Waals surface area contributed by atoms with Crippen LogP contribution in [0.4, 0.5) is 0 Å². The SMILES string of the molecule is O=C(CC(c1ccccc1)c1ccccc1)N1CC[C@@H](n2ccnn2)C1. The molecule has 1 saturated heterocycles. The summed E-state index contributed by atoms with van der Waals surface area (Å²) in [6.45, 7) is 1.48. The van der Waals surface area contributed by atoms with Crippen molar-refractivity contribution in [2.75, 3.05) is 13.1 Å². The number of rotatable bonds is 5. The molecule has 3 aromatic rings. The lowest BCUT2D eigenvalue weighted by Crippen LogP contribution is -2.30. The first kappa shape index (κ1) is 16.5. The number of carbonyl (C=O) groups excluding carboxylic acids is 1. The number of aromatic nitrogens is 3. The van der Waals surface area contributed by atoms with Gasteiger partial charge in [0.25, 0.3) is 0 Å². The minimum Gasteiger partial charge on any atom is -0.340 e. The Morgan fingerprint density at radius 1 is 1.04 bits per heavy atom. The Bertz CT molecular complexity index is 793. The van der Waals surface area contributed by atoms with Crippen molar-refractivity contribution in [1.29, 1.82) is 0 Å². The molecule has 26 heavy (non-hydrogen) atoms. The van der Waals surface area contributed by atoms with E-state index in [1.807, 2.05) is 52.2 Å². The van der Waals surface area contributed by atoms with Crippen LogP contribution in [-0.2, 0) is 4.79 Å². The van der Waals surface area contributed by atoms with Gasteiger partial charge < -0.3 is 4.90 Å². The fraction of sp³-hybridized carbons (Fsp3) is 0.286. The maximum atomic E-state index is 13.0. The van der Waals surface area contributed by atoms with Crippen molar-refractivity contribution in [1.82, 2.24) is 19.9 Å². The maximum Gasteiger partial charge on any atom is 0.223 e. The Morgan fingerprint density at radius 3 is 2.27 bits per heavy atom. The summed E-state index contributed by atoms with van der Waals surface area (Å²) in [4.78, 5) is 15.0. The molecular weight excluding hydrogens is 324 g/mol. The Kier molecular flexibility index (Phi) is 4.78. The highest BCUT2D eigenvalue weighted by Gasteiger charge is 2.29. The third kappa shape index (κ3) is 3.52. The van der Waals surface area contributed by atoms with Gasteiger partial charge >= 0.3 is 0 Å². The van der Waals surface area contributed by atoms with E-state index in [9.17, 15) is 4.79 Å². The number of amides is 1. The van der Waals surface area contributed by atoms with Gasteiger partial charge in [-0.3, -0.25) is 4.79 Å². The van der Waals surface area contributed by atoms with Crippen LogP contribution in [0.1, 0.15) is 35.9 Å². The average molecular weight is 346 g/mol. The summed E-state index contributed by atoms with van der Waals surface area (Å²) in [5.74, 6) is 0.278. The number of hydrogen-bond donors (Lipinski definition) is 0. The van der Waals surface area contributed by atoms with Crippen LogP contribution >= 0.6 is 0 Å². The van der Waals surface area contributed by atoms with E-state index < -0.39 is 0 Å². The minimum absolute atomic E-state index is 0.0790. The van der Waals surface area contributed by atoms with Gasteiger partial charge in [0, 0.05) is 31.6 Å². The third-order valence-electron chi connectivity index (χ3n) is 5.11. The molecule has 5 nitrogen and oxygen atoms in total. The van der Waals surface area contributed by atoms with Gasteiger partial charge in [-0.05, 0) is 17.5 Å². The molecule has 1 atom stereocenters. The average Bonchev–Trinajstić information content (AvgIpc) is 3.39. The summed E-state index contributed by atoms with van der Waals surface area (Å²) in [5.41, 5.74) is 2.36. The van der Waals surface area contributed by atoms with Crippen LogP contribution in [-0.4, -0.2) is 38.9 Å². The molecule has 1 aromatic heterocycles. The molecule has 4 rings (SSSR count). The van der Waals surface area contributed by atoms with Gasteiger partial charge in [-0.1, -0.05) is 65.9 Å². The highest BCUT2D eigenvalue weighted by atomic mass is 16.2. The summed E-state index contributed by atoms with van der Waals surface area (Å²) in [7, 11) is 0. The van der Waals surface area contributed by atoms with Crippen molar-refractivity contribution in [3.63, 3.8) is 0 Å². The second kappa shape index (κ2) is 7.52. The lowest BCUT2D eigenvalue weighted by molar-refractivity contribution is -0.130. The molecule has 0 bridgehead atoms. The van der Waals surface area contributed by atoms with Gasteiger partial charge in [-0.15, -0.1) is 5.10 Å². The Labute approximate surface area is 153 Å². The number of likely N-dealkylation sites (tertiary alicyclic amines) is 1. The highest BCUT2D eigenvalue weighted by molar-refractivity contribution is 5.78. The Hall–Kier alpha value is -2.95. The van der Waals surface area contributed by atoms with Crippen LogP contribution in [0.15, 0.2) is 73.1 Å². The topological polar surface area (TPSA) is 51.0 Å². The fourth-order valence-electron chi connectivity index (χ4n) is 3.70. The molecule has 0 N–H and O–H groups in total. The van der Waals surface area contributed by atoms with Crippen LogP contribution in [0.5, 0.6) is 0 Å². The largest absolute Gasteiger partial charge is 0.340 e. The molecule has 2 aromatic carbocycles. The quantitative estimate of drug-likeness (QED) is 0.712. The number of benzene rings is 2. The zero-order chi connectivity index (χ0) is 17.8. The first-order chi connectivity index (χ1) is 12.8. The molecule has 1 aliphatic heterocycles. The Balaban J connectivity index is 1.50. The van der Waals surface area contributed by atoms with E-state index in [1.165, 1.54) is 11.1 Å². The maximum absolute atomic E-state index is 13.0. The minimum atomic E-state index is 0.0790. The standard InChI is InChI=1S/C21H22N4O/c26-21(24-13-11-19(16-24)25-14-12-22-23-25)15-20(17-7-3-1-4-8-17)18-9-5-2-6-10-18/h1-10,12,14,19-20H,11,13,15-16H2/t19-/m1/s1. The molecule has 0 unspecified atom stereocenters. The molecule has 1 fully saturated rings. The molecule has 0 aliphatic carbocycles. The molecule has 132 valence electrons. The monoisotopic (exact) mass is 346 g/mol. The number of carbonyl (C=O) groups is 1. The number of hydrogen-bond acceptors (Lipinski definition) is 3. The second-order valence-corrected chi connectivity index (χ2v) is 6.74. The zero-order valence-corrected chi connectivity index (χ0v) is 14.6. The molecule has 2 heterocycles. The van der Waals surface area contributed by atoms with Gasteiger partial charge in [0.05, 0.1) is 12.2 Å². The van der Waals surface area contributed by atoms with Gasteiger partial charge in [-0.25, -0.2) is 4.68 Å². The Morgan fingerprint density at radius 2 is 1.69 bits per heavy atom. The van der Waals surface area contributed by atoms with Crippen molar-refractivity contribution in [3.8, 4) is 0 Å². The fourth-order valence-corrected chi connectivity index (χ4v) is 3.70. The van der Waals surface area contributed by atoms with Crippen LogP contribution in [0.3, 0.4) is 0 Å². The van der Waals surface area contributed by atoms with Crippen molar-refractivity contribution in [2.24, 2.45) is 0 Å². The van der Waals surface area contributed by atoms with Crippen molar-refractivity contribution < 1.29 is 4.79 Å². The van der Waals surface area contributed by atoms with Crippen molar-refractivity contribution in [3.05, 3.63) is 84.2 Å². The number of nitrogens with zero attached hydrogens (tertiary/aromatic N) is 4. The first-order valence-electron chi connectivity index (χ1n) is 9.05. The summed E-state index contributed by atoms with van der Waals surface area (Å²) < 4.78 is 1.86. The smallest absolute Gasteiger partial charge is 0.223 e. The zero-order valence-electron chi connectivity index (χ0n) is 14.6. The van der Waals surface area contributed by atoms with E-state index in [0.717, 1.165) is 13.0 Å². The molecule has 1 amide bonds. The van der Waals surface area contributed by atoms with E-state index in [2.05, 4.69) is 34.6 Å². The third-order valence-corrected chi connectivity index (χ3v) is 5.11. The second-order valence-electron chi connectivity index (χ2n) is 6.74. The lowest BCUT2D eigenvalue weighted by atomic mass is 9.88. The summed E-state index contributed by atoms with van der Waals surface area (Å²) >= 11 is 0. The van der Waals surface area contributed by atoms with E-state index in [0.29, 0.717) is 13.0 Å². The van der Waals surface area contributed by atoms with Crippen LogP contribution < -0.4 is 0 Å². The van der Waals surface area contributed by atoms with E-state index >= 15 is 0 Å². The van der Waals surface area contributed by atoms with Crippen LogP contribution in [0.2, 0.25) is 0 Å². The molecule has 5 heteroatoms. The van der Waals surface area contributed by atoms with Crippen LogP contribution in [0, 0.1) is 0 Å². The van der Waals surface area contributed by atoms with Crippen LogP contribution in [0.25, 0.3) is 0 Å². The van der Waals surface area contributed by atoms with E-state index in [4.69, 9.17) is 0 Å². The van der Waals surface area contributed by atoms with Gasteiger partial charge in [0.15, 0.2) is 0 Å². The summed E-state index contributed by atoms with van der Waals surface area (Å²) in [6.07, 6.45) is 4.97. The predicted octanol–water partition coefficient (Wildman–Crippen LogP) is 3.27. The molecule has 1 aliphatic rings. The molecule has 0 spiro atoms.